The average Bonchev–Trinajstić information content (AvgIpc) is 2.38. The van der Waals surface area contributed by atoms with Gasteiger partial charge in [-0.25, -0.2) is 4.98 Å². The quantitative estimate of drug-likeness (QED) is 0.513. The van der Waals surface area contributed by atoms with Gasteiger partial charge in [-0.15, -0.1) is 0 Å². The summed E-state index contributed by atoms with van der Waals surface area (Å²) >= 11 is 0. The Bertz CT molecular complexity index is 344. The van der Waals surface area contributed by atoms with Gasteiger partial charge in [0.15, 0.2) is 0 Å². The van der Waals surface area contributed by atoms with E-state index in [1.54, 1.807) is 27.8 Å². The lowest BCUT2D eigenvalue weighted by atomic mass is 10.1. The molecule has 0 aliphatic heterocycles. The first kappa shape index (κ1) is 15.5. The number of carbonyl (C=O) groups excluding carboxylic acids is 1. The van der Waals surface area contributed by atoms with E-state index in [4.69, 9.17) is 4.74 Å². The van der Waals surface area contributed by atoms with Crippen LogP contribution >= 0.6 is 21.6 Å². The predicted octanol–water partition coefficient (Wildman–Crippen LogP) is 3.45. The summed E-state index contributed by atoms with van der Waals surface area (Å²) in [6, 6.07) is 5.87. The first-order chi connectivity index (χ1) is 8.70. The van der Waals surface area contributed by atoms with Gasteiger partial charge in [0.25, 0.3) is 0 Å². The summed E-state index contributed by atoms with van der Waals surface area (Å²) in [5.74, 6) is 1.28. The lowest BCUT2D eigenvalue weighted by molar-refractivity contribution is -0.122. The van der Waals surface area contributed by atoms with Crippen LogP contribution in [0, 0.1) is 5.92 Å². The summed E-state index contributed by atoms with van der Waals surface area (Å²) in [4.78, 5) is 15.5. The molecule has 0 unspecified atom stereocenters. The van der Waals surface area contributed by atoms with Gasteiger partial charge in [-0.1, -0.05) is 30.7 Å². The van der Waals surface area contributed by atoms with E-state index < -0.39 is 0 Å². The Hall–Kier alpha value is -0.520. The summed E-state index contributed by atoms with van der Waals surface area (Å²) in [6.07, 6.45) is 2.31. The molecule has 0 N–H and O–H groups in total. The van der Waals surface area contributed by atoms with Gasteiger partial charge in [-0.3, -0.25) is 4.79 Å². The predicted molar refractivity (Wildman–Crippen MR) is 77.8 cm³/mol. The largest absolute Gasteiger partial charge is 0.380 e. The molecule has 0 aliphatic carbocycles. The Kier molecular flexibility index (Phi) is 8.13. The van der Waals surface area contributed by atoms with Crippen LogP contribution in [0.1, 0.15) is 20.3 Å². The van der Waals surface area contributed by atoms with E-state index in [1.165, 1.54) is 0 Å². The van der Waals surface area contributed by atoms with Crippen molar-refractivity contribution in [1.29, 1.82) is 0 Å². The molecule has 3 nitrogen and oxygen atoms in total. The minimum Gasteiger partial charge on any atom is -0.380 e. The second-order valence-corrected chi connectivity index (χ2v) is 6.49. The molecule has 100 valence electrons. The molecule has 0 atom stereocenters. The third-order valence-corrected chi connectivity index (χ3v) is 4.46. The third kappa shape index (κ3) is 7.03. The second kappa shape index (κ2) is 9.42. The number of ether oxygens (including phenoxy) is 1. The molecule has 1 heterocycles. The van der Waals surface area contributed by atoms with Gasteiger partial charge < -0.3 is 4.74 Å². The summed E-state index contributed by atoms with van der Waals surface area (Å²) in [5, 5.41) is 1.01. The molecule has 1 aromatic rings. The molecule has 0 radical (unpaired) electrons. The molecular formula is C13H19NO2S2. The fraction of sp³-hybridized carbons (Fsp3) is 0.538. The van der Waals surface area contributed by atoms with Crippen LogP contribution in [0.5, 0.6) is 0 Å². The van der Waals surface area contributed by atoms with Gasteiger partial charge in [0, 0.05) is 24.3 Å². The smallest absolute Gasteiger partial charge is 0.137 e. The molecule has 1 aromatic heterocycles. The molecule has 0 aliphatic rings. The molecule has 0 saturated carbocycles. The topological polar surface area (TPSA) is 39.2 Å². The third-order valence-electron chi connectivity index (χ3n) is 2.23. The van der Waals surface area contributed by atoms with E-state index in [0.717, 1.165) is 10.8 Å². The maximum Gasteiger partial charge on any atom is 0.137 e. The molecule has 0 bridgehead atoms. The number of hydrogen-bond donors (Lipinski definition) is 0. The van der Waals surface area contributed by atoms with Gasteiger partial charge in [-0.05, 0) is 22.9 Å². The number of rotatable bonds is 9. The van der Waals surface area contributed by atoms with Crippen molar-refractivity contribution < 1.29 is 9.53 Å². The number of Topliss-reactive ketones (excluding diaryl/α,β-unsaturated/α-hetero) is 1. The second-order valence-electron chi connectivity index (χ2n) is 4.06. The van der Waals surface area contributed by atoms with Gasteiger partial charge in [-0.2, -0.15) is 0 Å². The highest BCUT2D eigenvalue weighted by atomic mass is 33.1. The van der Waals surface area contributed by atoms with Crippen LogP contribution in [0.2, 0.25) is 0 Å². The Balaban J connectivity index is 1.95. The number of pyridine rings is 1. The van der Waals surface area contributed by atoms with Gasteiger partial charge in [0.05, 0.1) is 13.2 Å². The Labute approximate surface area is 116 Å². The molecule has 18 heavy (non-hydrogen) atoms. The number of aromatic nitrogens is 1. The van der Waals surface area contributed by atoms with Crippen LogP contribution in [0.15, 0.2) is 29.4 Å². The number of hydrogen-bond acceptors (Lipinski definition) is 5. The van der Waals surface area contributed by atoms with E-state index in [1.807, 2.05) is 32.0 Å². The first-order valence-electron chi connectivity index (χ1n) is 6.01. The van der Waals surface area contributed by atoms with Gasteiger partial charge >= 0.3 is 0 Å². The van der Waals surface area contributed by atoms with Crippen LogP contribution in [-0.2, 0) is 9.53 Å². The van der Waals surface area contributed by atoms with Crippen LogP contribution in [-0.4, -0.2) is 29.7 Å². The molecule has 0 amide bonds. The number of ketones is 1. The zero-order valence-corrected chi connectivity index (χ0v) is 12.4. The SMILES string of the molecule is CC(C)C(=O)CCOCCSSc1ccccn1. The van der Waals surface area contributed by atoms with E-state index in [9.17, 15) is 4.79 Å². The minimum absolute atomic E-state index is 0.114. The van der Waals surface area contributed by atoms with Crippen LogP contribution in [0.4, 0.5) is 0 Å². The van der Waals surface area contributed by atoms with Gasteiger partial charge in [0.1, 0.15) is 10.8 Å². The summed E-state index contributed by atoms with van der Waals surface area (Å²) in [5.41, 5.74) is 0. The fourth-order valence-corrected chi connectivity index (χ4v) is 2.89. The monoisotopic (exact) mass is 285 g/mol. The average molecular weight is 285 g/mol. The Morgan fingerprint density at radius 3 is 2.89 bits per heavy atom. The molecule has 0 fully saturated rings. The summed E-state index contributed by atoms with van der Waals surface area (Å²) in [6.45, 7) is 5.05. The van der Waals surface area contributed by atoms with Crippen molar-refractivity contribution in [3.05, 3.63) is 24.4 Å². The summed E-state index contributed by atoms with van der Waals surface area (Å²) in [7, 11) is 3.36. The van der Waals surface area contributed by atoms with E-state index in [-0.39, 0.29) is 11.7 Å². The molecule has 0 saturated heterocycles. The molecule has 0 aromatic carbocycles. The van der Waals surface area contributed by atoms with Crippen molar-refractivity contribution in [2.75, 3.05) is 19.0 Å². The lowest BCUT2D eigenvalue weighted by Crippen LogP contribution is -2.11. The fourth-order valence-electron chi connectivity index (χ4n) is 1.15. The molecule has 1 rings (SSSR count). The van der Waals surface area contributed by atoms with E-state index >= 15 is 0 Å². The maximum absolute atomic E-state index is 11.3. The molecular weight excluding hydrogens is 266 g/mol. The van der Waals surface area contributed by atoms with E-state index in [0.29, 0.717) is 19.6 Å². The normalized spacial score (nSPS) is 10.8. The minimum atomic E-state index is 0.114. The van der Waals surface area contributed by atoms with Crippen molar-refractivity contribution in [3.8, 4) is 0 Å². The van der Waals surface area contributed by atoms with Crippen molar-refractivity contribution in [3.63, 3.8) is 0 Å². The van der Waals surface area contributed by atoms with Crippen molar-refractivity contribution in [2.45, 2.75) is 25.3 Å². The number of carbonyl (C=O) groups is 1. The highest BCUT2D eigenvalue weighted by Crippen LogP contribution is 2.28. The molecule has 0 spiro atoms. The van der Waals surface area contributed by atoms with Crippen molar-refractivity contribution >= 4 is 27.4 Å². The lowest BCUT2D eigenvalue weighted by Gasteiger charge is -2.05. The standard InChI is InChI=1S/C13H19NO2S2/c1-11(2)12(15)6-8-16-9-10-17-18-13-5-3-4-7-14-13/h3-5,7,11H,6,8-10H2,1-2H3. The Morgan fingerprint density at radius 2 is 2.22 bits per heavy atom. The van der Waals surface area contributed by atoms with Crippen molar-refractivity contribution in [1.82, 2.24) is 4.98 Å². The van der Waals surface area contributed by atoms with Crippen molar-refractivity contribution in [2.24, 2.45) is 5.92 Å². The zero-order valence-electron chi connectivity index (χ0n) is 10.8. The maximum atomic E-state index is 11.3. The van der Waals surface area contributed by atoms with Crippen LogP contribution < -0.4 is 0 Å². The van der Waals surface area contributed by atoms with Crippen LogP contribution in [0.25, 0.3) is 0 Å². The first-order valence-corrected chi connectivity index (χ1v) is 8.33. The molecule has 5 heteroatoms. The Morgan fingerprint density at radius 1 is 1.39 bits per heavy atom. The highest BCUT2D eigenvalue weighted by Gasteiger charge is 2.06. The zero-order chi connectivity index (χ0) is 13.2. The highest BCUT2D eigenvalue weighted by molar-refractivity contribution is 8.76. The number of nitrogens with zero attached hydrogens (tertiary/aromatic N) is 1. The van der Waals surface area contributed by atoms with E-state index in [2.05, 4.69) is 4.98 Å². The summed E-state index contributed by atoms with van der Waals surface area (Å²) < 4.78 is 5.42. The van der Waals surface area contributed by atoms with Crippen LogP contribution in [0.3, 0.4) is 0 Å². The van der Waals surface area contributed by atoms with Gasteiger partial charge in [0.2, 0.25) is 0 Å².